The van der Waals surface area contributed by atoms with Crippen molar-refractivity contribution in [1.29, 1.82) is 0 Å². The minimum atomic E-state index is -0.241. The molecule has 5 nitrogen and oxygen atoms in total. The molecule has 0 amide bonds. The zero-order valence-electron chi connectivity index (χ0n) is 15.4. The van der Waals surface area contributed by atoms with E-state index >= 15 is 0 Å². The van der Waals surface area contributed by atoms with Crippen LogP contribution in [0.2, 0.25) is 0 Å². The summed E-state index contributed by atoms with van der Waals surface area (Å²) in [5.74, 6) is 0.301. The van der Waals surface area contributed by atoms with Crippen molar-refractivity contribution >= 4 is 39.4 Å². The van der Waals surface area contributed by atoms with Crippen molar-refractivity contribution in [3.63, 3.8) is 0 Å². The van der Waals surface area contributed by atoms with Crippen LogP contribution >= 0.6 is 11.8 Å². The van der Waals surface area contributed by atoms with Crippen molar-refractivity contribution < 1.29 is 13.9 Å². The van der Waals surface area contributed by atoms with E-state index in [0.29, 0.717) is 19.1 Å². The number of aromatic nitrogens is 1. The molecule has 2 aliphatic rings. The minimum absolute atomic E-state index is 0.0664. The van der Waals surface area contributed by atoms with Crippen LogP contribution < -0.4 is 5.32 Å². The molecule has 2 heterocycles. The Kier molecular flexibility index (Phi) is 5.38. The van der Waals surface area contributed by atoms with Crippen LogP contribution in [0.5, 0.6) is 0 Å². The molecule has 0 spiro atoms. The number of esters is 1. The number of aromatic amines is 1. The van der Waals surface area contributed by atoms with E-state index in [1.165, 1.54) is 12.8 Å². The smallest absolute Gasteiger partial charge is 0.307 e. The van der Waals surface area contributed by atoms with Gasteiger partial charge in [-0.1, -0.05) is 12.8 Å². The number of rotatable bonds is 6. The number of hydrogen-bond acceptors (Lipinski definition) is 5. The van der Waals surface area contributed by atoms with Gasteiger partial charge in [-0.3, -0.25) is 9.79 Å². The lowest BCUT2D eigenvalue weighted by atomic mass is 10.2. The number of ether oxygens (including phenoxy) is 1. The van der Waals surface area contributed by atoms with Crippen molar-refractivity contribution in [2.75, 3.05) is 17.7 Å². The average Bonchev–Trinajstić information content (AvgIpc) is 3.34. The van der Waals surface area contributed by atoms with Gasteiger partial charge < -0.3 is 15.0 Å². The Bertz CT molecular complexity index is 873. The largest absolute Gasteiger partial charge is 0.466 e. The van der Waals surface area contributed by atoms with Crippen LogP contribution in [0.1, 0.15) is 44.7 Å². The molecule has 1 saturated carbocycles. The summed E-state index contributed by atoms with van der Waals surface area (Å²) >= 11 is 1.62. The normalized spacial score (nSPS) is 20.2. The predicted molar refractivity (Wildman–Crippen MR) is 108 cm³/mol. The second-order valence-corrected chi connectivity index (χ2v) is 8.14. The third-order valence-electron chi connectivity index (χ3n) is 5.06. The SMILES string of the molecule is CCOC(=O)CC1CSC(c2cc3cc(F)cc(NC4CCCC4)c3[nH]2)=N1. The van der Waals surface area contributed by atoms with Crippen molar-refractivity contribution in [2.45, 2.75) is 51.1 Å². The monoisotopic (exact) mass is 389 g/mol. The van der Waals surface area contributed by atoms with Gasteiger partial charge in [0.2, 0.25) is 0 Å². The van der Waals surface area contributed by atoms with Gasteiger partial charge in [0, 0.05) is 17.2 Å². The Morgan fingerprint density at radius 3 is 2.96 bits per heavy atom. The van der Waals surface area contributed by atoms with Crippen LogP contribution in [0.25, 0.3) is 10.9 Å². The third-order valence-corrected chi connectivity index (χ3v) is 6.21. The summed E-state index contributed by atoms with van der Waals surface area (Å²) in [6.45, 7) is 2.19. The van der Waals surface area contributed by atoms with E-state index in [-0.39, 0.29) is 17.8 Å². The number of hydrogen-bond donors (Lipinski definition) is 2. The van der Waals surface area contributed by atoms with E-state index in [1.807, 2.05) is 6.07 Å². The summed E-state index contributed by atoms with van der Waals surface area (Å²) in [6.07, 6.45) is 5.00. The van der Waals surface area contributed by atoms with Crippen molar-refractivity contribution in [3.05, 3.63) is 29.7 Å². The molecule has 1 aliphatic heterocycles. The fraction of sp³-hybridized carbons (Fsp3) is 0.500. The molecule has 1 fully saturated rings. The van der Waals surface area contributed by atoms with Crippen LogP contribution in [-0.2, 0) is 9.53 Å². The highest BCUT2D eigenvalue weighted by Gasteiger charge is 2.24. The van der Waals surface area contributed by atoms with E-state index in [2.05, 4.69) is 15.3 Å². The topological polar surface area (TPSA) is 66.5 Å². The molecule has 2 aromatic rings. The summed E-state index contributed by atoms with van der Waals surface area (Å²) in [7, 11) is 0. The first-order chi connectivity index (χ1) is 13.1. The second kappa shape index (κ2) is 7.92. The Morgan fingerprint density at radius 2 is 2.19 bits per heavy atom. The van der Waals surface area contributed by atoms with Gasteiger partial charge in [-0.15, -0.1) is 11.8 Å². The lowest BCUT2D eigenvalue weighted by molar-refractivity contribution is -0.143. The number of carbonyl (C=O) groups excluding carboxylic acids is 1. The van der Waals surface area contributed by atoms with Gasteiger partial charge in [-0.05, 0) is 38.0 Å². The summed E-state index contributed by atoms with van der Waals surface area (Å²) in [5.41, 5.74) is 2.60. The maximum Gasteiger partial charge on any atom is 0.307 e. The number of carbonyl (C=O) groups is 1. The summed E-state index contributed by atoms with van der Waals surface area (Å²) < 4.78 is 19.1. The van der Waals surface area contributed by atoms with Crippen molar-refractivity contribution in [2.24, 2.45) is 4.99 Å². The van der Waals surface area contributed by atoms with Crippen LogP contribution in [0, 0.1) is 5.82 Å². The van der Waals surface area contributed by atoms with E-state index < -0.39 is 0 Å². The zero-order chi connectivity index (χ0) is 18.8. The lowest BCUT2D eigenvalue weighted by Crippen LogP contribution is -2.14. The lowest BCUT2D eigenvalue weighted by Gasteiger charge is -2.14. The van der Waals surface area contributed by atoms with Crippen molar-refractivity contribution in [3.8, 4) is 0 Å². The molecule has 2 N–H and O–H groups in total. The second-order valence-electron chi connectivity index (χ2n) is 7.13. The molecule has 0 saturated heterocycles. The molecular formula is C20H24FN3O2S. The maximum atomic E-state index is 14.1. The molecule has 1 aromatic heterocycles. The number of nitrogens with one attached hydrogen (secondary N) is 2. The van der Waals surface area contributed by atoms with Gasteiger partial charge in [0.1, 0.15) is 10.9 Å². The van der Waals surface area contributed by atoms with Gasteiger partial charge in [0.05, 0.1) is 36.0 Å². The molecule has 0 radical (unpaired) electrons. The average molecular weight is 389 g/mol. The number of thioether (sulfide) groups is 1. The van der Waals surface area contributed by atoms with Crippen molar-refractivity contribution in [1.82, 2.24) is 4.98 Å². The summed E-state index contributed by atoms with van der Waals surface area (Å²) in [5, 5.41) is 5.20. The number of benzene rings is 1. The van der Waals surface area contributed by atoms with E-state index in [1.54, 1.807) is 30.8 Å². The molecule has 1 aromatic carbocycles. The number of aliphatic imine (C=N–C) groups is 1. The van der Waals surface area contributed by atoms with Gasteiger partial charge in [-0.2, -0.15) is 0 Å². The Morgan fingerprint density at radius 1 is 1.37 bits per heavy atom. The van der Waals surface area contributed by atoms with Crippen LogP contribution in [-0.4, -0.2) is 40.4 Å². The Labute approximate surface area is 162 Å². The third kappa shape index (κ3) is 4.13. The minimum Gasteiger partial charge on any atom is -0.466 e. The van der Waals surface area contributed by atoms with Crippen LogP contribution in [0.3, 0.4) is 0 Å². The highest BCUT2D eigenvalue weighted by Crippen LogP contribution is 2.32. The molecule has 4 rings (SSSR count). The molecule has 144 valence electrons. The molecule has 1 atom stereocenters. The van der Waals surface area contributed by atoms with E-state index in [0.717, 1.165) is 45.9 Å². The number of nitrogens with zero attached hydrogens (tertiary/aromatic N) is 1. The standard InChI is InChI=1S/C20H24FN3O2S/c1-2-26-18(25)10-15-11-27-20(23-15)17-8-12-7-13(21)9-16(19(12)24-17)22-14-5-3-4-6-14/h7-9,14-15,22,24H,2-6,10-11H2,1H3. The highest BCUT2D eigenvalue weighted by atomic mass is 32.2. The van der Waals surface area contributed by atoms with Gasteiger partial charge in [0.15, 0.2) is 0 Å². The number of H-pyrrole nitrogens is 1. The molecule has 7 heteroatoms. The molecular weight excluding hydrogens is 365 g/mol. The predicted octanol–water partition coefficient (Wildman–Crippen LogP) is 4.48. The van der Waals surface area contributed by atoms with Gasteiger partial charge in [-0.25, -0.2) is 4.39 Å². The Hall–Kier alpha value is -2.02. The molecule has 1 unspecified atom stereocenters. The fourth-order valence-corrected chi connectivity index (χ4v) is 4.84. The first-order valence-electron chi connectivity index (χ1n) is 9.57. The highest BCUT2D eigenvalue weighted by molar-refractivity contribution is 8.14. The van der Waals surface area contributed by atoms with E-state index in [4.69, 9.17) is 4.74 Å². The number of fused-ring (bicyclic) bond motifs is 1. The first-order valence-corrected chi connectivity index (χ1v) is 10.6. The number of anilines is 1. The zero-order valence-corrected chi connectivity index (χ0v) is 16.2. The van der Waals surface area contributed by atoms with Gasteiger partial charge in [0.25, 0.3) is 0 Å². The summed E-state index contributed by atoms with van der Waals surface area (Å²) in [4.78, 5) is 19.7. The van der Waals surface area contributed by atoms with Crippen LogP contribution in [0.4, 0.5) is 10.1 Å². The van der Waals surface area contributed by atoms with Gasteiger partial charge >= 0.3 is 5.97 Å². The quantitative estimate of drug-likeness (QED) is 0.715. The van der Waals surface area contributed by atoms with Crippen LogP contribution in [0.15, 0.2) is 23.2 Å². The molecule has 27 heavy (non-hydrogen) atoms. The number of halogens is 1. The summed E-state index contributed by atoms with van der Waals surface area (Å²) in [6, 6.07) is 5.40. The first kappa shape index (κ1) is 18.3. The fourth-order valence-electron chi connectivity index (χ4n) is 3.81. The molecule has 1 aliphatic carbocycles. The molecule has 0 bridgehead atoms. The Balaban J connectivity index is 1.57. The maximum absolute atomic E-state index is 14.1. The van der Waals surface area contributed by atoms with E-state index in [9.17, 15) is 9.18 Å².